The second-order valence-electron chi connectivity index (χ2n) is 3.69. The molecule has 0 heterocycles. The minimum atomic E-state index is 0.886. The lowest BCUT2D eigenvalue weighted by atomic mass is 9.91. The van der Waals surface area contributed by atoms with Crippen LogP contribution in [0.3, 0.4) is 0 Å². The van der Waals surface area contributed by atoms with Crippen LogP contribution < -0.4 is 0 Å². The van der Waals surface area contributed by atoms with E-state index in [-0.39, 0.29) is 0 Å². The molecule has 90 valence electrons. The minimum absolute atomic E-state index is 0.886. The van der Waals surface area contributed by atoms with E-state index in [4.69, 9.17) is 0 Å². The molecule has 0 aromatic carbocycles. The molecule has 0 saturated carbocycles. The molecule has 0 aromatic rings. The monoisotopic (exact) mass is 202 g/mol. The van der Waals surface area contributed by atoms with E-state index >= 15 is 0 Å². The summed E-state index contributed by atoms with van der Waals surface area (Å²) < 4.78 is 0. The zero-order chi connectivity index (χ0) is 12.0. The van der Waals surface area contributed by atoms with Crippen LogP contribution in [0.25, 0.3) is 0 Å². The van der Waals surface area contributed by atoms with Gasteiger partial charge in [-0.15, -0.1) is 0 Å². The normalized spacial score (nSPS) is 10.9. The van der Waals surface area contributed by atoms with Crippen LogP contribution in [0.5, 0.6) is 0 Å². The van der Waals surface area contributed by atoms with Crippen LogP contribution in [0.2, 0.25) is 0 Å². The van der Waals surface area contributed by atoms with Crippen molar-refractivity contribution in [2.24, 2.45) is 11.8 Å². The third-order valence-electron chi connectivity index (χ3n) is 2.08. The molecule has 0 bridgehead atoms. The fraction of sp³-hybridized carbons (Fsp3) is 1.00. The summed E-state index contributed by atoms with van der Waals surface area (Å²) in [7, 11) is 0. The molecular formula is C14H34. The first-order valence-electron chi connectivity index (χ1n) is 6.70. The smallest absolute Gasteiger partial charge is 0.0415 e. The second kappa shape index (κ2) is 18.7. The number of hydrogen-bond donors (Lipinski definition) is 0. The topological polar surface area (TPSA) is 0 Å². The Kier molecular flexibility index (Phi) is 26.1. The van der Waals surface area contributed by atoms with Crippen molar-refractivity contribution >= 4 is 0 Å². The summed E-state index contributed by atoms with van der Waals surface area (Å²) in [5.74, 6) is 1.88. The van der Waals surface area contributed by atoms with Gasteiger partial charge in [0.2, 0.25) is 0 Å². The SMILES string of the molecule is CC.CC.CCCC(CC)CC(C)C. The van der Waals surface area contributed by atoms with Crippen LogP contribution in [-0.4, -0.2) is 0 Å². The first-order chi connectivity index (χ1) is 6.70. The third kappa shape index (κ3) is 17.9. The van der Waals surface area contributed by atoms with Crippen molar-refractivity contribution in [2.75, 3.05) is 0 Å². The maximum Gasteiger partial charge on any atom is -0.0415 e. The molecule has 1 unspecified atom stereocenters. The Morgan fingerprint density at radius 2 is 1.29 bits per heavy atom. The van der Waals surface area contributed by atoms with E-state index in [0.717, 1.165) is 11.8 Å². The van der Waals surface area contributed by atoms with Crippen molar-refractivity contribution in [3.63, 3.8) is 0 Å². The Morgan fingerprint density at radius 1 is 0.857 bits per heavy atom. The first-order valence-corrected chi connectivity index (χ1v) is 6.70. The van der Waals surface area contributed by atoms with Gasteiger partial charge in [-0.3, -0.25) is 0 Å². The molecule has 0 amide bonds. The van der Waals surface area contributed by atoms with E-state index in [1.165, 1.54) is 25.7 Å². The van der Waals surface area contributed by atoms with Gasteiger partial charge in [-0.25, -0.2) is 0 Å². The summed E-state index contributed by atoms with van der Waals surface area (Å²) in [5, 5.41) is 0. The third-order valence-corrected chi connectivity index (χ3v) is 2.08. The van der Waals surface area contributed by atoms with Gasteiger partial charge in [0, 0.05) is 0 Å². The summed E-state index contributed by atoms with van der Waals surface area (Å²) >= 11 is 0. The van der Waals surface area contributed by atoms with Gasteiger partial charge in [-0.1, -0.05) is 74.7 Å². The molecule has 0 spiro atoms. The lowest BCUT2D eigenvalue weighted by molar-refractivity contribution is 0.373. The molecule has 0 radical (unpaired) electrons. The Bertz CT molecular complexity index is 64.4. The van der Waals surface area contributed by atoms with Gasteiger partial charge in [0.15, 0.2) is 0 Å². The average molecular weight is 202 g/mol. The molecule has 14 heavy (non-hydrogen) atoms. The molecule has 0 nitrogen and oxygen atoms in total. The Morgan fingerprint density at radius 3 is 1.50 bits per heavy atom. The van der Waals surface area contributed by atoms with Crippen LogP contribution in [0, 0.1) is 11.8 Å². The van der Waals surface area contributed by atoms with Crippen LogP contribution in [0.4, 0.5) is 0 Å². The molecule has 0 fully saturated rings. The highest BCUT2D eigenvalue weighted by Crippen LogP contribution is 2.19. The average Bonchev–Trinajstić information content (AvgIpc) is 2.22. The van der Waals surface area contributed by atoms with Gasteiger partial charge in [-0.05, 0) is 18.3 Å². The van der Waals surface area contributed by atoms with E-state index in [2.05, 4.69) is 27.7 Å². The standard InChI is InChI=1S/C10H22.2C2H6/c1-5-7-10(6-2)8-9(3)4;2*1-2/h9-10H,5-8H2,1-4H3;2*1-2H3. The van der Waals surface area contributed by atoms with Crippen molar-refractivity contribution < 1.29 is 0 Å². The number of rotatable bonds is 5. The summed E-state index contributed by atoms with van der Waals surface area (Å²) in [5.41, 5.74) is 0. The van der Waals surface area contributed by atoms with Gasteiger partial charge in [0.25, 0.3) is 0 Å². The number of hydrogen-bond acceptors (Lipinski definition) is 0. The molecule has 0 aliphatic heterocycles. The fourth-order valence-corrected chi connectivity index (χ4v) is 1.56. The molecule has 0 rings (SSSR count). The summed E-state index contributed by atoms with van der Waals surface area (Å²) in [6, 6.07) is 0. The quantitative estimate of drug-likeness (QED) is 0.520. The van der Waals surface area contributed by atoms with E-state index in [1.54, 1.807) is 0 Å². The Labute approximate surface area is 93.5 Å². The van der Waals surface area contributed by atoms with Crippen LogP contribution in [0.1, 0.15) is 81.1 Å². The lowest BCUT2D eigenvalue weighted by Crippen LogP contribution is -2.02. The predicted molar refractivity (Wildman–Crippen MR) is 70.8 cm³/mol. The first kappa shape index (κ1) is 19.6. The van der Waals surface area contributed by atoms with E-state index in [1.807, 2.05) is 27.7 Å². The fourth-order valence-electron chi connectivity index (χ4n) is 1.56. The van der Waals surface area contributed by atoms with E-state index in [0.29, 0.717) is 0 Å². The van der Waals surface area contributed by atoms with E-state index < -0.39 is 0 Å². The van der Waals surface area contributed by atoms with Crippen molar-refractivity contribution in [1.82, 2.24) is 0 Å². The molecular weight excluding hydrogens is 168 g/mol. The van der Waals surface area contributed by atoms with Gasteiger partial charge in [0.05, 0.1) is 0 Å². The van der Waals surface area contributed by atoms with Gasteiger partial charge >= 0.3 is 0 Å². The highest BCUT2D eigenvalue weighted by molar-refractivity contribution is 4.58. The van der Waals surface area contributed by atoms with Crippen molar-refractivity contribution in [3.8, 4) is 0 Å². The van der Waals surface area contributed by atoms with Gasteiger partial charge in [-0.2, -0.15) is 0 Å². The molecule has 0 saturated heterocycles. The molecule has 0 aliphatic carbocycles. The van der Waals surface area contributed by atoms with Crippen LogP contribution >= 0.6 is 0 Å². The molecule has 0 heteroatoms. The van der Waals surface area contributed by atoms with Crippen LogP contribution in [0.15, 0.2) is 0 Å². The molecule has 1 atom stereocenters. The maximum absolute atomic E-state index is 2.32. The molecule has 0 aromatic heterocycles. The van der Waals surface area contributed by atoms with Gasteiger partial charge < -0.3 is 0 Å². The predicted octanol–water partition coefficient (Wildman–Crippen LogP) is 5.91. The largest absolute Gasteiger partial charge is 0.0683 e. The summed E-state index contributed by atoms with van der Waals surface area (Å²) in [6.07, 6.45) is 5.57. The molecule has 0 aliphatic rings. The van der Waals surface area contributed by atoms with Crippen LogP contribution in [-0.2, 0) is 0 Å². The Balaban J connectivity index is -0.000000266. The Hall–Kier alpha value is 0. The zero-order valence-electron chi connectivity index (χ0n) is 12.0. The molecule has 0 N–H and O–H groups in total. The lowest BCUT2D eigenvalue weighted by Gasteiger charge is -2.15. The maximum atomic E-state index is 2.32. The zero-order valence-corrected chi connectivity index (χ0v) is 12.0. The summed E-state index contributed by atoms with van der Waals surface area (Å²) in [6.45, 7) is 17.2. The van der Waals surface area contributed by atoms with E-state index in [9.17, 15) is 0 Å². The van der Waals surface area contributed by atoms with Gasteiger partial charge in [0.1, 0.15) is 0 Å². The highest BCUT2D eigenvalue weighted by Gasteiger charge is 2.06. The van der Waals surface area contributed by atoms with Crippen molar-refractivity contribution in [2.45, 2.75) is 81.1 Å². The van der Waals surface area contributed by atoms with Crippen molar-refractivity contribution in [3.05, 3.63) is 0 Å². The highest BCUT2D eigenvalue weighted by atomic mass is 14.1. The van der Waals surface area contributed by atoms with Crippen molar-refractivity contribution in [1.29, 1.82) is 0 Å². The summed E-state index contributed by atoms with van der Waals surface area (Å²) in [4.78, 5) is 0. The second-order valence-corrected chi connectivity index (χ2v) is 3.69. The minimum Gasteiger partial charge on any atom is -0.0683 e.